The van der Waals surface area contributed by atoms with E-state index in [1.165, 1.54) is 11.8 Å². The smallest absolute Gasteiger partial charge is 0.325 e. The molecule has 0 atom stereocenters. The van der Waals surface area contributed by atoms with E-state index in [9.17, 15) is 9.59 Å². The van der Waals surface area contributed by atoms with E-state index in [4.69, 9.17) is 0 Å². The minimum atomic E-state index is -0.260. The van der Waals surface area contributed by atoms with Crippen molar-refractivity contribution in [3.8, 4) is 0 Å². The van der Waals surface area contributed by atoms with Crippen LogP contribution in [0.5, 0.6) is 0 Å². The highest BCUT2D eigenvalue weighted by Gasteiger charge is 2.22. The number of aryl methyl sites for hydroxylation is 2. The molecule has 2 aromatic heterocycles. The number of carbonyl (C=O) groups is 1. The molecule has 3 aromatic rings. The summed E-state index contributed by atoms with van der Waals surface area (Å²) in [5.74, 6) is 0.125. The van der Waals surface area contributed by atoms with Crippen LogP contribution in [0.4, 0.5) is 5.69 Å². The number of aromatic nitrogens is 3. The average Bonchev–Trinajstić information content (AvgIpc) is 3.19. The van der Waals surface area contributed by atoms with Gasteiger partial charge in [-0.25, -0.2) is 4.79 Å². The fraction of sp³-hybridized carbons (Fsp3) is 0.304. The van der Waals surface area contributed by atoms with E-state index < -0.39 is 0 Å². The second-order valence-corrected chi connectivity index (χ2v) is 8.60. The largest absolute Gasteiger partial charge is 0.349 e. The van der Waals surface area contributed by atoms with Crippen molar-refractivity contribution in [3.05, 3.63) is 81.2 Å². The number of pyridine rings is 1. The van der Waals surface area contributed by atoms with E-state index in [0.717, 1.165) is 52.9 Å². The van der Waals surface area contributed by atoms with Crippen LogP contribution in [0.1, 0.15) is 34.4 Å². The number of benzene rings is 1. The average molecular weight is 421 g/mol. The van der Waals surface area contributed by atoms with Crippen LogP contribution in [0.3, 0.4) is 0 Å². The van der Waals surface area contributed by atoms with Crippen LogP contribution in [0, 0.1) is 13.8 Å². The molecule has 6 nitrogen and oxygen atoms in total. The van der Waals surface area contributed by atoms with Gasteiger partial charge in [0.15, 0.2) is 0 Å². The summed E-state index contributed by atoms with van der Waals surface area (Å²) in [5.41, 5.74) is 5.92. The van der Waals surface area contributed by atoms with E-state index in [2.05, 4.69) is 21.4 Å². The molecular weight excluding hydrogens is 396 g/mol. The van der Waals surface area contributed by atoms with Crippen molar-refractivity contribution in [2.24, 2.45) is 0 Å². The zero-order valence-electron chi connectivity index (χ0n) is 17.1. The fourth-order valence-electron chi connectivity index (χ4n) is 3.92. The standard InChI is InChI=1S/C23H24N4O2S/c1-15-10-16(2)12-18(11-15)25-21(28)14-30-22-19-4-3-5-20(19)27(23(29)26-22)13-17-6-8-24-9-7-17/h6-12H,3-5,13-14H2,1-2H3,(H,25,28). The van der Waals surface area contributed by atoms with Gasteiger partial charge < -0.3 is 5.32 Å². The molecule has 1 aliphatic rings. The molecule has 2 heterocycles. The summed E-state index contributed by atoms with van der Waals surface area (Å²) < 4.78 is 1.76. The predicted octanol–water partition coefficient (Wildman–Crippen LogP) is 3.52. The van der Waals surface area contributed by atoms with E-state index >= 15 is 0 Å². The molecule has 154 valence electrons. The van der Waals surface area contributed by atoms with Crippen LogP contribution in [-0.2, 0) is 24.2 Å². The number of nitrogens with zero attached hydrogens (tertiary/aromatic N) is 3. The van der Waals surface area contributed by atoms with Gasteiger partial charge in [-0.05, 0) is 74.1 Å². The Hall–Kier alpha value is -2.93. The maximum atomic E-state index is 12.7. The van der Waals surface area contributed by atoms with Crippen LogP contribution < -0.4 is 11.0 Å². The molecule has 0 saturated heterocycles. The molecule has 1 amide bonds. The van der Waals surface area contributed by atoms with Crippen molar-refractivity contribution in [1.29, 1.82) is 0 Å². The summed E-state index contributed by atoms with van der Waals surface area (Å²) in [6, 6.07) is 9.79. The monoisotopic (exact) mass is 420 g/mol. The molecule has 1 aromatic carbocycles. The summed E-state index contributed by atoms with van der Waals surface area (Å²) in [6.07, 6.45) is 6.21. The van der Waals surface area contributed by atoms with Crippen LogP contribution in [-0.4, -0.2) is 26.2 Å². The van der Waals surface area contributed by atoms with Crippen LogP contribution in [0.15, 0.2) is 52.5 Å². The third kappa shape index (κ3) is 4.62. The zero-order valence-corrected chi connectivity index (χ0v) is 18.0. The molecule has 0 saturated carbocycles. The normalized spacial score (nSPS) is 12.6. The molecule has 0 spiro atoms. The number of nitrogens with one attached hydrogen (secondary N) is 1. The first-order valence-electron chi connectivity index (χ1n) is 10.0. The number of fused-ring (bicyclic) bond motifs is 1. The Morgan fingerprint density at radius 2 is 1.87 bits per heavy atom. The molecule has 7 heteroatoms. The topological polar surface area (TPSA) is 76.9 Å². The molecule has 1 aliphatic carbocycles. The molecule has 0 unspecified atom stereocenters. The van der Waals surface area contributed by atoms with Gasteiger partial charge in [-0.2, -0.15) is 4.98 Å². The number of amides is 1. The highest BCUT2D eigenvalue weighted by molar-refractivity contribution is 8.00. The summed E-state index contributed by atoms with van der Waals surface area (Å²) in [7, 11) is 0. The number of hydrogen-bond acceptors (Lipinski definition) is 5. The zero-order chi connectivity index (χ0) is 21.1. The Kier molecular flexibility index (Phi) is 5.99. The van der Waals surface area contributed by atoms with E-state index in [1.54, 1.807) is 17.0 Å². The summed E-state index contributed by atoms with van der Waals surface area (Å²) >= 11 is 1.34. The first-order chi connectivity index (χ1) is 14.5. The van der Waals surface area contributed by atoms with E-state index in [1.807, 2.05) is 38.1 Å². The van der Waals surface area contributed by atoms with Crippen molar-refractivity contribution in [2.45, 2.75) is 44.7 Å². The Balaban J connectivity index is 1.50. The van der Waals surface area contributed by atoms with Gasteiger partial charge in [0, 0.05) is 29.3 Å². The molecule has 1 N–H and O–H groups in total. The second kappa shape index (κ2) is 8.83. The van der Waals surface area contributed by atoms with Crippen LogP contribution >= 0.6 is 11.8 Å². The minimum absolute atomic E-state index is 0.0977. The van der Waals surface area contributed by atoms with Gasteiger partial charge in [-0.1, -0.05) is 17.8 Å². The number of anilines is 1. The second-order valence-electron chi connectivity index (χ2n) is 7.63. The van der Waals surface area contributed by atoms with Crippen molar-refractivity contribution in [1.82, 2.24) is 14.5 Å². The predicted molar refractivity (Wildman–Crippen MR) is 119 cm³/mol. The number of thioether (sulfide) groups is 1. The Morgan fingerprint density at radius 1 is 1.13 bits per heavy atom. The lowest BCUT2D eigenvalue weighted by Crippen LogP contribution is -2.28. The van der Waals surface area contributed by atoms with Gasteiger partial charge in [0.25, 0.3) is 0 Å². The van der Waals surface area contributed by atoms with Crippen molar-refractivity contribution >= 4 is 23.4 Å². The molecule has 0 radical (unpaired) electrons. The van der Waals surface area contributed by atoms with Crippen molar-refractivity contribution in [3.63, 3.8) is 0 Å². The maximum Gasteiger partial charge on any atom is 0.349 e. The quantitative estimate of drug-likeness (QED) is 0.488. The first kappa shape index (κ1) is 20.3. The highest BCUT2D eigenvalue weighted by Crippen LogP contribution is 2.29. The Morgan fingerprint density at radius 3 is 2.60 bits per heavy atom. The molecule has 0 bridgehead atoms. The third-order valence-electron chi connectivity index (χ3n) is 5.14. The Labute approximate surface area is 179 Å². The maximum absolute atomic E-state index is 12.7. The Bertz CT molecular complexity index is 1120. The first-order valence-corrected chi connectivity index (χ1v) is 11.0. The summed E-state index contributed by atoms with van der Waals surface area (Å²) in [6.45, 7) is 4.51. The number of hydrogen-bond donors (Lipinski definition) is 1. The van der Waals surface area contributed by atoms with Gasteiger partial charge in [0.05, 0.1) is 12.3 Å². The van der Waals surface area contributed by atoms with Gasteiger partial charge in [0.2, 0.25) is 5.91 Å². The van der Waals surface area contributed by atoms with Gasteiger partial charge >= 0.3 is 5.69 Å². The highest BCUT2D eigenvalue weighted by atomic mass is 32.2. The fourth-order valence-corrected chi connectivity index (χ4v) is 4.79. The van der Waals surface area contributed by atoms with E-state index in [0.29, 0.717) is 11.6 Å². The SMILES string of the molecule is Cc1cc(C)cc(NC(=O)CSc2nc(=O)n(Cc3ccncc3)c3c2CCC3)c1. The molecule has 4 rings (SSSR count). The lowest BCUT2D eigenvalue weighted by Gasteiger charge is -2.14. The van der Waals surface area contributed by atoms with Crippen LogP contribution in [0.2, 0.25) is 0 Å². The third-order valence-corrected chi connectivity index (χ3v) is 6.15. The minimum Gasteiger partial charge on any atom is -0.325 e. The number of carbonyl (C=O) groups excluding carboxylic acids is 1. The molecule has 0 aliphatic heterocycles. The summed E-state index contributed by atoms with van der Waals surface area (Å²) in [5, 5.41) is 3.63. The molecular formula is C23H24N4O2S. The summed E-state index contributed by atoms with van der Waals surface area (Å²) in [4.78, 5) is 33.5. The molecule has 30 heavy (non-hydrogen) atoms. The lowest BCUT2D eigenvalue weighted by atomic mass is 10.1. The molecule has 0 fully saturated rings. The van der Waals surface area contributed by atoms with Crippen molar-refractivity contribution < 1.29 is 4.79 Å². The van der Waals surface area contributed by atoms with E-state index in [-0.39, 0.29) is 17.3 Å². The van der Waals surface area contributed by atoms with Gasteiger partial charge in [0.1, 0.15) is 5.03 Å². The lowest BCUT2D eigenvalue weighted by molar-refractivity contribution is -0.113. The number of rotatable bonds is 6. The van der Waals surface area contributed by atoms with Crippen molar-refractivity contribution in [2.75, 3.05) is 11.1 Å². The van der Waals surface area contributed by atoms with Gasteiger partial charge in [-0.3, -0.25) is 14.3 Å². The van der Waals surface area contributed by atoms with Gasteiger partial charge in [-0.15, -0.1) is 0 Å². The van der Waals surface area contributed by atoms with Crippen LogP contribution in [0.25, 0.3) is 0 Å².